The molecule has 0 atom stereocenters. The molecule has 7 heteroatoms. The lowest BCUT2D eigenvalue weighted by molar-refractivity contribution is -0.141. The Morgan fingerprint density at radius 3 is 2.00 bits per heavy atom. The average Bonchev–Trinajstić information content (AvgIpc) is 2.69. The van der Waals surface area contributed by atoms with Gasteiger partial charge in [0.2, 0.25) is 5.78 Å². The van der Waals surface area contributed by atoms with Gasteiger partial charge in [0.1, 0.15) is 18.0 Å². The number of ether oxygens (including phenoxy) is 3. The van der Waals surface area contributed by atoms with Crippen molar-refractivity contribution in [2.75, 3.05) is 27.4 Å². The molecule has 0 aliphatic heterocycles. The van der Waals surface area contributed by atoms with Gasteiger partial charge in [0, 0.05) is 0 Å². The standard InChI is InChI=1S/C19H19NO6/c1-24-16-9-5-3-7-13(16)15(21)12-26-18(22)11-20-19(23)14-8-4-6-10-17(14)25-2/h3-10H,11-12H2,1-2H3,(H,20,23). The number of hydrogen-bond donors (Lipinski definition) is 1. The molecule has 0 radical (unpaired) electrons. The molecule has 0 bridgehead atoms. The first-order chi connectivity index (χ1) is 12.6. The van der Waals surface area contributed by atoms with Gasteiger partial charge in [0.25, 0.3) is 5.91 Å². The maximum Gasteiger partial charge on any atom is 0.325 e. The Morgan fingerprint density at radius 1 is 0.846 bits per heavy atom. The quantitative estimate of drug-likeness (QED) is 0.573. The highest BCUT2D eigenvalue weighted by atomic mass is 16.5. The summed E-state index contributed by atoms with van der Waals surface area (Å²) in [6, 6.07) is 13.3. The van der Waals surface area contributed by atoms with Gasteiger partial charge in [-0.05, 0) is 24.3 Å². The Balaban J connectivity index is 1.85. The minimum absolute atomic E-state index is 0.299. The lowest BCUT2D eigenvalue weighted by Crippen LogP contribution is -2.31. The Hall–Kier alpha value is -3.35. The third kappa shape index (κ3) is 4.83. The lowest BCUT2D eigenvalue weighted by atomic mass is 10.1. The third-order valence-corrected chi connectivity index (χ3v) is 3.52. The number of para-hydroxylation sites is 2. The van der Waals surface area contributed by atoms with Crippen molar-refractivity contribution in [3.63, 3.8) is 0 Å². The molecule has 0 aliphatic carbocycles. The lowest BCUT2D eigenvalue weighted by Gasteiger charge is -2.10. The Morgan fingerprint density at radius 2 is 1.38 bits per heavy atom. The van der Waals surface area contributed by atoms with Gasteiger partial charge in [0.15, 0.2) is 6.61 Å². The summed E-state index contributed by atoms with van der Waals surface area (Å²) in [5.74, 6) is -0.804. The maximum atomic E-state index is 12.1. The van der Waals surface area contributed by atoms with Crippen LogP contribution in [0.25, 0.3) is 0 Å². The van der Waals surface area contributed by atoms with Crippen LogP contribution in [0.4, 0.5) is 0 Å². The van der Waals surface area contributed by atoms with Crippen molar-refractivity contribution in [1.82, 2.24) is 5.32 Å². The molecule has 2 aromatic rings. The molecule has 0 fully saturated rings. The summed E-state index contributed by atoms with van der Waals surface area (Å²) < 4.78 is 15.1. The predicted molar refractivity (Wildman–Crippen MR) is 93.6 cm³/mol. The van der Waals surface area contributed by atoms with Crippen LogP contribution < -0.4 is 14.8 Å². The molecular formula is C19H19NO6. The minimum atomic E-state index is -0.725. The van der Waals surface area contributed by atoms with E-state index in [0.29, 0.717) is 22.6 Å². The highest BCUT2D eigenvalue weighted by Gasteiger charge is 2.16. The summed E-state index contributed by atoms with van der Waals surface area (Å²) in [4.78, 5) is 36.0. The number of carbonyl (C=O) groups excluding carboxylic acids is 3. The second kappa shape index (κ2) is 9.22. The van der Waals surface area contributed by atoms with Crippen LogP contribution in [0.1, 0.15) is 20.7 Å². The maximum absolute atomic E-state index is 12.1. The van der Waals surface area contributed by atoms with Crippen molar-refractivity contribution in [3.05, 3.63) is 59.7 Å². The van der Waals surface area contributed by atoms with Crippen LogP contribution >= 0.6 is 0 Å². The Kier molecular flexibility index (Phi) is 6.73. The summed E-state index contributed by atoms with van der Waals surface area (Å²) in [6.07, 6.45) is 0. The van der Waals surface area contributed by atoms with Crippen LogP contribution in [0.2, 0.25) is 0 Å². The van der Waals surface area contributed by atoms with Crippen LogP contribution in [0.15, 0.2) is 48.5 Å². The van der Waals surface area contributed by atoms with E-state index >= 15 is 0 Å². The molecule has 1 amide bonds. The van der Waals surface area contributed by atoms with E-state index in [1.807, 2.05) is 0 Å². The van der Waals surface area contributed by atoms with Crippen molar-refractivity contribution >= 4 is 17.7 Å². The average molecular weight is 357 g/mol. The molecule has 1 N–H and O–H groups in total. The number of ketones is 1. The molecule has 0 aliphatic rings. The van der Waals surface area contributed by atoms with Gasteiger partial charge in [-0.25, -0.2) is 0 Å². The number of esters is 1. The molecule has 0 heterocycles. The van der Waals surface area contributed by atoms with Crippen molar-refractivity contribution in [1.29, 1.82) is 0 Å². The largest absolute Gasteiger partial charge is 0.496 e. The summed E-state index contributed by atoms with van der Waals surface area (Å²) in [5.41, 5.74) is 0.619. The predicted octanol–water partition coefficient (Wildman–Crippen LogP) is 1.86. The van der Waals surface area contributed by atoms with E-state index in [4.69, 9.17) is 14.2 Å². The van der Waals surface area contributed by atoms with Gasteiger partial charge in [-0.1, -0.05) is 24.3 Å². The van der Waals surface area contributed by atoms with Crippen LogP contribution in [-0.4, -0.2) is 45.0 Å². The topological polar surface area (TPSA) is 90.9 Å². The van der Waals surface area contributed by atoms with E-state index in [1.165, 1.54) is 14.2 Å². The van der Waals surface area contributed by atoms with Gasteiger partial charge in [0.05, 0.1) is 25.3 Å². The molecule has 0 spiro atoms. The van der Waals surface area contributed by atoms with Gasteiger partial charge in [-0.2, -0.15) is 0 Å². The van der Waals surface area contributed by atoms with Gasteiger partial charge in [-0.3, -0.25) is 14.4 Å². The van der Waals surface area contributed by atoms with Gasteiger partial charge in [-0.15, -0.1) is 0 Å². The number of amides is 1. The van der Waals surface area contributed by atoms with Crippen LogP contribution in [0.3, 0.4) is 0 Å². The van der Waals surface area contributed by atoms with Gasteiger partial charge < -0.3 is 19.5 Å². The molecule has 0 aromatic heterocycles. The number of carbonyl (C=O) groups is 3. The zero-order valence-electron chi connectivity index (χ0n) is 14.5. The van der Waals surface area contributed by atoms with E-state index in [0.717, 1.165) is 0 Å². The summed E-state index contributed by atoms with van der Waals surface area (Å²) in [5, 5.41) is 2.43. The molecule has 7 nitrogen and oxygen atoms in total. The Bertz CT molecular complexity index is 737. The van der Waals surface area contributed by atoms with E-state index in [2.05, 4.69) is 5.32 Å². The molecular weight excluding hydrogens is 338 g/mol. The number of hydrogen-bond acceptors (Lipinski definition) is 6. The van der Waals surface area contributed by atoms with Crippen molar-refractivity contribution in [2.24, 2.45) is 0 Å². The van der Waals surface area contributed by atoms with Crippen molar-refractivity contribution < 1.29 is 28.6 Å². The van der Waals surface area contributed by atoms with E-state index in [-0.39, 0.29) is 6.54 Å². The highest BCUT2D eigenvalue weighted by Crippen LogP contribution is 2.18. The van der Waals surface area contributed by atoms with E-state index in [9.17, 15) is 14.4 Å². The van der Waals surface area contributed by atoms with E-state index < -0.39 is 24.3 Å². The van der Waals surface area contributed by atoms with Gasteiger partial charge >= 0.3 is 5.97 Å². The fourth-order valence-corrected chi connectivity index (χ4v) is 2.23. The summed E-state index contributed by atoms with van der Waals surface area (Å²) in [6.45, 7) is -0.806. The van der Waals surface area contributed by atoms with Crippen LogP contribution in [0.5, 0.6) is 11.5 Å². The highest BCUT2D eigenvalue weighted by molar-refractivity contribution is 6.01. The first-order valence-corrected chi connectivity index (χ1v) is 7.80. The molecule has 0 saturated heterocycles. The monoisotopic (exact) mass is 357 g/mol. The molecule has 0 unspecified atom stereocenters. The van der Waals surface area contributed by atoms with Crippen molar-refractivity contribution in [3.8, 4) is 11.5 Å². The fraction of sp³-hybridized carbons (Fsp3) is 0.211. The van der Waals surface area contributed by atoms with Crippen LogP contribution in [-0.2, 0) is 9.53 Å². The number of benzene rings is 2. The number of methoxy groups -OCH3 is 2. The molecule has 0 saturated carbocycles. The smallest absolute Gasteiger partial charge is 0.325 e. The molecule has 26 heavy (non-hydrogen) atoms. The Labute approximate surface area is 150 Å². The van der Waals surface area contributed by atoms with Crippen LogP contribution in [0, 0.1) is 0 Å². The SMILES string of the molecule is COc1ccccc1C(=O)COC(=O)CNC(=O)c1ccccc1OC. The first-order valence-electron chi connectivity index (χ1n) is 7.80. The second-order valence-corrected chi connectivity index (χ2v) is 5.17. The zero-order chi connectivity index (χ0) is 18.9. The first kappa shape index (κ1) is 19.0. The zero-order valence-corrected chi connectivity index (χ0v) is 14.5. The molecule has 136 valence electrons. The number of nitrogens with one attached hydrogen (secondary N) is 1. The second-order valence-electron chi connectivity index (χ2n) is 5.17. The fourth-order valence-electron chi connectivity index (χ4n) is 2.23. The third-order valence-electron chi connectivity index (χ3n) is 3.52. The molecule has 2 rings (SSSR count). The molecule has 2 aromatic carbocycles. The van der Waals surface area contributed by atoms with E-state index in [1.54, 1.807) is 48.5 Å². The van der Waals surface area contributed by atoms with Crippen molar-refractivity contribution in [2.45, 2.75) is 0 Å². The summed E-state index contributed by atoms with van der Waals surface area (Å²) in [7, 11) is 2.90. The number of rotatable bonds is 8. The number of Topliss-reactive ketones (excluding diaryl/α,β-unsaturated/α-hetero) is 1. The minimum Gasteiger partial charge on any atom is -0.496 e. The summed E-state index contributed by atoms with van der Waals surface area (Å²) >= 11 is 0. The normalized spacial score (nSPS) is 9.92.